The van der Waals surface area contributed by atoms with Crippen molar-refractivity contribution in [3.8, 4) is 0 Å². The van der Waals surface area contributed by atoms with Crippen LogP contribution in [0.4, 0.5) is 0 Å². The van der Waals surface area contributed by atoms with Crippen LogP contribution in [-0.2, 0) is 22.8 Å². The van der Waals surface area contributed by atoms with E-state index in [-0.39, 0.29) is 5.41 Å². The lowest BCUT2D eigenvalue weighted by Crippen LogP contribution is -2.37. The van der Waals surface area contributed by atoms with Gasteiger partial charge in [-0.05, 0) is 151 Å². The van der Waals surface area contributed by atoms with Gasteiger partial charge in [-0.1, -0.05) is 129 Å². The van der Waals surface area contributed by atoms with Crippen LogP contribution < -0.4 is 31.8 Å². The van der Waals surface area contributed by atoms with Crippen molar-refractivity contribution in [2.75, 3.05) is 0 Å². The molecule has 0 unspecified atom stereocenters. The zero-order valence-corrected chi connectivity index (χ0v) is 33.8. The third-order valence-electron chi connectivity index (χ3n) is 11.5. The average Bonchev–Trinajstić information content (AvgIpc) is 3.64. The molecule has 52 heavy (non-hydrogen) atoms. The van der Waals surface area contributed by atoms with Crippen molar-refractivity contribution >= 4 is 46.9 Å². The van der Waals surface area contributed by atoms with Gasteiger partial charge in [0.25, 0.3) is 0 Å². The maximum Gasteiger partial charge on any atom is 0.171 e. The molecule has 0 radical (unpaired) electrons. The van der Waals surface area contributed by atoms with E-state index in [2.05, 4.69) is 165 Å². The summed E-state index contributed by atoms with van der Waals surface area (Å²) in [5, 5.41) is 7.23. The molecule has 2 aliphatic carbocycles. The van der Waals surface area contributed by atoms with Gasteiger partial charge < -0.3 is 4.57 Å². The maximum absolute atomic E-state index is 16.7. The Bertz CT molecular complexity index is 2260. The predicted octanol–water partition coefficient (Wildman–Crippen LogP) is 9.73. The van der Waals surface area contributed by atoms with E-state index in [0.29, 0.717) is 0 Å². The van der Waals surface area contributed by atoms with Crippen molar-refractivity contribution < 1.29 is 4.57 Å². The second-order valence-electron chi connectivity index (χ2n) is 16.0. The maximum atomic E-state index is 16.7. The van der Waals surface area contributed by atoms with E-state index < -0.39 is 15.1 Å². The Hall–Kier alpha value is -4.02. The van der Waals surface area contributed by atoms with Gasteiger partial charge in [0, 0.05) is 21.3 Å². The Morgan fingerprint density at radius 2 is 0.865 bits per heavy atom. The molecule has 0 heterocycles. The molecule has 0 saturated carbocycles. The van der Waals surface area contributed by atoms with Crippen LogP contribution in [0, 0.1) is 55.4 Å². The normalized spacial score (nSPS) is 16.5. The van der Waals surface area contributed by atoms with Gasteiger partial charge in [-0.15, -0.1) is 0 Å². The lowest BCUT2D eigenvalue weighted by Gasteiger charge is -2.35. The van der Waals surface area contributed by atoms with Gasteiger partial charge in [-0.25, -0.2) is 0 Å². The summed E-state index contributed by atoms with van der Waals surface area (Å²) in [6.45, 7) is 17.5. The topological polar surface area (TPSA) is 17.1 Å². The first-order chi connectivity index (χ1) is 24.9. The van der Waals surface area contributed by atoms with Crippen molar-refractivity contribution in [3.05, 3.63) is 176 Å². The van der Waals surface area contributed by atoms with Gasteiger partial charge in [0.05, 0.1) is 0 Å². The molecule has 0 amide bonds. The average molecular weight is 717 g/mol. The molecule has 8 rings (SSSR count). The van der Waals surface area contributed by atoms with Crippen LogP contribution in [0.3, 0.4) is 0 Å². The van der Waals surface area contributed by atoms with Gasteiger partial charge in [-0.3, -0.25) is 0 Å². The molecule has 6 aromatic rings. The number of rotatable bonds is 6. The number of hydrogen-bond acceptors (Lipinski definition) is 1. The van der Waals surface area contributed by atoms with Crippen molar-refractivity contribution in [2.45, 2.75) is 86.5 Å². The van der Waals surface area contributed by atoms with Crippen LogP contribution in [0.5, 0.6) is 0 Å². The second kappa shape index (κ2) is 13.1. The smallest absolute Gasteiger partial charge is 0.171 e. The van der Waals surface area contributed by atoms with Gasteiger partial charge in [0.1, 0.15) is 0 Å². The van der Waals surface area contributed by atoms with E-state index in [1.807, 2.05) is 0 Å². The molecule has 3 heteroatoms. The summed E-state index contributed by atoms with van der Waals surface area (Å²) in [5.74, 6) is 0. The van der Waals surface area contributed by atoms with E-state index in [4.69, 9.17) is 0 Å². The number of benzene rings is 6. The highest BCUT2D eigenvalue weighted by Crippen LogP contribution is 2.57. The van der Waals surface area contributed by atoms with E-state index in [0.717, 1.165) is 63.9 Å². The number of hydrogen-bond donors (Lipinski definition) is 0. The Morgan fingerprint density at radius 3 is 1.31 bits per heavy atom. The van der Waals surface area contributed by atoms with Crippen molar-refractivity contribution in [1.82, 2.24) is 0 Å². The molecule has 2 aliphatic rings. The minimum Gasteiger partial charge on any atom is -0.309 e. The quantitative estimate of drug-likeness (QED) is 0.157. The SMILES string of the molecule is Cc1cc(C)cc(P(c2cc(C)cc(C)c2)c2cccc3c2[C@]2(CC3)CCc3cccc(P(=O)(c4cc(C)cc(C)c4)c4cc(C)cc(C)c4)c32)c1. The molecular formula is C49H50OP2. The standard InChI is InChI=1S/C49H50OP2/c1-31-19-32(2)24-41(23-31)51(42-25-33(3)20-34(4)26-42)45-13-9-11-39-15-17-49(47(39)45)18-16-40-12-10-14-46(48(40)49)52(50,43-27-35(5)21-36(6)28-43)44-29-37(7)22-38(8)30-44/h9-14,19-30H,15-18H2,1-8H3/t49-/m0/s1. The van der Waals surface area contributed by atoms with Crippen LogP contribution >= 0.6 is 15.1 Å². The highest BCUT2D eigenvalue weighted by molar-refractivity contribution is 7.85. The molecule has 0 aromatic heterocycles. The summed E-state index contributed by atoms with van der Waals surface area (Å²) in [6, 6.07) is 41.4. The highest BCUT2D eigenvalue weighted by atomic mass is 31.2. The molecular weight excluding hydrogens is 666 g/mol. The molecule has 1 atom stereocenters. The van der Waals surface area contributed by atoms with Gasteiger partial charge in [0.2, 0.25) is 0 Å². The minimum absolute atomic E-state index is 0.205. The highest BCUT2D eigenvalue weighted by Gasteiger charge is 2.50. The zero-order chi connectivity index (χ0) is 36.5. The lowest BCUT2D eigenvalue weighted by molar-refractivity contribution is 0.511. The fourth-order valence-corrected chi connectivity index (χ4v) is 16.2. The molecule has 262 valence electrons. The third kappa shape index (κ3) is 5.86. The molecule has 6 aromatic carbocycles. The summed E-state index contributed by atoms with van der Waals surface area (Å²) < 4.78 is 16.7. The Balaban J connectivity index is 1.43. The van der Waals surface area contributed by atoms with E-state index in [1.54, 1.807) is 0 Å². The molecule has 0 N–H and O–H groups in total. The molecule has 0 aliphatic heterocycles. The van der Waals surface area contributed by atoms with Gasteiger partial charge in [0.15, 0.2) is 7.14 Å². The Labute approximate surface area is 312 Å². The van der Waals surface area contributed by atoms with Crippen LogP contribution in [0.15, 0.2) is 109 Å². The van der Waals surface area contributed by atoms with E-state index >= 15 is 4.57 Å². The number of aryl methyl sites for hydroxylation is 10. The first-order valence-electron chi connectivity index (χ1n) is 18.9. The summed E-state index contributed by atoms with van der Waals surface area (Å²) in [6.07, 6.45) is 4.14. The Morgan fingerprint density at radius 1 is 0.481 bits per heavy atom. The van der Waals surface area contributed by atoms with Gasteiger partial charge in [-0.2, -0.15) is 0 Å². The predicted molar refractivity (Wildman–Crippen MR) is 226 cm³/mol. The third-order valence-corrected chi connectivity index (χ3v) is 16.9. The summed E-state index contributed by atoms with van der Waals surface area (Å²) in [5.41, 5.74) is 15.4. The summed E-state index contributed by atoms with van der Waals surface area (Å²) in [4.78, 5) is 0. The van der Waals surface area contributed by atoms with E-state index in [9.17, 15) is 0 Å². The summed E-state index contributed by atoms with van der Waals surface area (Å²) in [7, 11) is -4.15. The van der Waals surface area contributed by atoms with Crippen LogP contribution in [0.25, 0.3) is 0 Å². The largest absolute Gasteiger partial charge is 0.309 e. The fraction of sp³-hybridized carbons (Fsp3) is 0.265. The van der Waals surface area contributed by atoms with Crippen LogP contribution in [0.2, 0.25) is 0 Å². The molecule has 0 fully saturated rings. The van der Waals surface area contributed by atoms with Crippen molar-refractivity contribution in [3.63, 3.8) is 0 Å². The monoisotopic (exact) mass is 716 g/mol. The van der Waals surface area contributed by atoms with Crippen molar-refractivity contribution in [1.29, 1.82) is 0 Å². The molecule has 1 nitrogen and oxygen atoms in total. The molecule has 0 bridgehead atoms. The van der Waals surface area contributed by atoms with Crippen molar-refractivity contribution in [2.24, 2.45) is 0 Å². The Kier molecular flexibility index (Phi) is 8.84. The first kappa shape index (κ1) is 35.0. The summed E-state index contributed by atoms with van der Waals surface area (Å²) >= 11 is 0. The number of fused-ring (bicyclic) bond motifs is 4. The fourth-order valence-electron chi connectivity index (χ4n) is 9.87. The molecule has 1 spiro atoms. The second-order valence-corrected chi connectivity index (χ2v) is 21.0. The zero-order valence-electron chi connectivity index (χ0n) is 32.0. The van der Waals surface area contributed by atoms with Crippen LogP contribution in [-0.4, -0.2) is 0 Å². The van der Waals surface area contributed by atoms with Crippen LogP contribution in [0.1, 0.15) is 79.6 Å². The minimum atomic E-state index is -3.29. The lowest BCUT2D eigenvalue weighted by atomic mass is 9.76. The van der Waals surface area contributed by atoms with E-state index in [1.165, 1.54) is 60.4 Å². The first-order valence-corrected chi connectivity index (χ1v) is 21.9. The molecule has 0 saturated heterocycles. The van der Waals surface area contributed by atoms with Gasteiger partial charge >= 0.3 is 0 Å².